The van der Waals surface area contributed by atoms with Gasteiger partial charge < -0.3 is 14.2 Å². The lowest BCUT2D eigenvalue weighted by Gasteiger charge is -2.39. The first-order valence-corrected chi connectivity index (χ1v) is 9.38. The maximum Gasteiger partial charge on any atom is 0.508 e. The number of esters is 1. The summed E-state index contributed by atoms with van der Waals surface area (Å²) in [4.78, 5) is 24.8. The minimum Gasteiger partial charge on any atom is -0.465 e. The van der Waals surface area contributed by atoms with Gasteiger partial charge >= 0.3 is 12.1 Å². The minimum atomic E-state index is -0.803. The van der Waals surface area contributed by atoms with Gasteiger partial charge in [-0.1, -0.05) is 47.0 Å². The molecule has 0 rings (SSSR count). The molecule has 0 bridgehead atoms. The molecule has 0 saturated heterocycles. The second-order valence-corrected chi connectivity index (χ2v) is 6.66. The Morgan fingerprint density at radius 3 is 2.04 bits per heavy atom. The van der Waals surface area contributed by atoms with Crippen molar-refractivity contribution < 1.29 is 23.8 Å². The molecule has 2 unspecified atom stereocenters. The molecule has 0 aliphatic carbocycles. The van der Waals surface area contributed by atoms with Crippen LogP contribution >= 0.6 is 0 Å². The molecule has 0 amide bonds. The fraction of sp³-hybridized carbons (Fsp3) is 0.895. The molecule has 2 atom stereocenters. The number of hydrogen-bond acceptors (Lipinski definition) is 5. The van der Waals surface area contributed by atoms with Crippen LogP contribution in [0.1, 0.15) is 80.1 Å². The van der Waals surface area contributed by atoms with E-state index in [9.17, 15) is 9.59 Å². The zero-order chi connectivity index (χ0) is 18.6. The SMILES string of the molecule is CCCCC(CC(C)C)(C(=O)OCC)C(CCC)OC(=O)OCC. The Morgan fingerprint density at radius 2 is 1.58 bits per heavy atom. The van der Waals surface area contributed by atoms with Gasteiger partial charge in [0, 0.05) is 0 Å². The van der Waals surface area contributed by atoms with Crippen molar-refractivity contribution in [1.82, 2.24) is 0 Å². The predicted molar refractivity (Wildman–Crippen MR) is 94.8 cm³/mol. The normalized spacial score (nSPS) is 14.8. The second kappa shape index (κ2) is 12.2. The molecule has 0 spiro atoms. The van der Waals surface area contributed by atoms with E-state index in [1.165, 1.54) is 0 Å². The van der Waals surface area contributed by atoms with Crippen LogP contribution in [0.5, 0.6) is 0 Å². The summed E-state index contributed by atoms with van der Waals surface area (Å²) < 4.78 is 16.0. The van der Waals surface area contributed by atoms with E-state index in [4.69, 9.17) is 14.2 Å². The Kier molecular flexibility index (Phi) is 11.5. The number of ether oxygens (including phenoxy) is 3. The van der Waals surface area contributed by atoms with Crippen molar-refractivity contribution in [3.63, 3.8) is 0 Å². The van der Waals surface area contributed by atoms with Crippen LogP contribution in [0.3, 0.4) is 0 Å². The van der Waals surface area contributed by atoms with Gasteiger partial charge in [-0.25, -0.2) is 4.79 Å². The Morgan fingerprint density at radius 1 is 0.958 bits per heavy atom. The smallest absolute Gasteiger partial charge is 0.465 e. The third-order valence-electron chi connectivity index (χ3n) is 4.10. The van der Waals surface area contributed by atoms with E-state index >= 15 is 0 Å². The Labute approximate surface area is 147 Å². The highest BCUT2D eigenvalue weighted by atomic mass is 16.7. The largest absolute Gasteiger partial charge is 0.508 e. The first-order valence-electron chi connectivity index (χ1n) is 9.38. The van der Waals surface area contributed by atoms with E-state index in [-0.39, 0.29) is 18.5 Å². The van der Waals surface area contributed by atoms with Crippen LogP contribution < -0.4 is 0 Å². The summed E-state index contributed by atoms with van der Waals surface area (Å²) >= 11 is 0. The fourth-order valence-electron chi connectivity index (χ4n) is 3.19. The van der Waals surface area contributed by atoms with Crippen LogP contribution in [0.15, 0.2) is 0 Å². The van der Waals surface area contributed by atoms with Gasteiger partial charge in [-0.2, -0.15) is 0 Å². The highest BCUT2D eigenvalue weighted by Crippen LogP contribution is 2.41. The zero-order valence-electron chi connectivity index (χ0n) is 16.4. The number of hydrogen-bond donors (Lipinski definition) is 0. The van der Waals surface area contributed by atoms with Gasteiger partial charge in [0.05, 0.1) is 13.2 Å². The third-order valence-corrected chi connectivity index (χ3v) is 4.10. The molecule has 0 aliphatic rings. The fourth-order valence-corrected chi connectivity index (χ4v) is 3.19. The Bertz CT molecular complexity index is 367. The van der Waals surface area contributed by atoms with Crippen LogP contribution in [-0.4, -0.2) is 31.4 Å². The molecule has 5 nitrogen and oxygen atoms in total. The first-order chi connectivity index (χ1) is 11.4. The highest BCUT2D eigenvalue weighted by Gasteiger charge is 2.48. The van der Waals surface area contributed by atoms with Crippen molar-refractivity contribution in [3.8, 4) is 0 Å². The lowest BCUT2D eigenvalue weighted by Crippen LogP contribution is -2.47. The van der Waals surface area contributed by atoms with E-state index in [2.05, 4.69) is 20.8 Å². The van der Waals surface area contributed by atoms with E-state index in [0.717, 1.165) is 19.3 Å². The molecule has 0 aromatic heterocycles. The van der Waals surface area contributed by atoms with Crippen molar-refractivity contribution in [2.24, 2.45) is 11.3 Å². The van der Waals surface area contributed by atoms with Gasteiger partial charge in [0.2, 0.25) is 0 Å². The molecule has 0 radical (unpaired) electrons. The van der Waals surface area contributed by atoms with E-state index < -0.39 is 17.7 Å². The number of unbranched alkanes of at least 4 members (excludes halogenated alkanes) is 1. The quantitative estimate of drug-likeness (QED) is 0.460. The molecule has 0 aromatic carbocycles. The summed E-state index contributed by atoms with van der Waals surface area (Å²) in [7, 11) is 0. The van der Waals surface area contributed by atoms with Crippen LogP contribution in [-0.2, 0) is 19.0 Å². The molecule has 0 heterocycles. The van der Waals surface area contributed by atoms with E-state index in [0.29, 0.717) is 25.9 Å². The van der Waals surface area contributed by atoms with Crippen molar-refractivity contribution in [2.75, 3.05) is 13.2 Å². The Hall–Kier alpha value is -1.26. The topological polar surface area (TPSA) is 61.8 Å². The van der Waals surface area contributed by atoms with Crippen molar-refractivity contribution >= 4 is 12.1 Å². The predicted octanol–water partition coefficient (Wildman–Crippen LogP) is 5.11. The number of carbonyl (C=O) groups excluding carboxylic acids is 2. The van der Waals surface area contributed by atoms with Gasteiger partial charge in [-0.15, -0.1) is 0 Å². The molecule has 0 N–H and O–H groups in total. The van der Waals surface area contributed by atoms with E-state index in [1.54, 1.807) is 13.8 Å². The zero-order valence-corrected chi connectivity index (χ0v) is 16.4. The molecule has 0 aromatic rings. The number of carbonyl (C=O) groups is 2. The summed E-state index contributed by atoms with van der Waals surface area (Å²) in [5.74, 6) is 0.0336. The summed E-state index contributed by atoms with van der Waals surface area (Å²) in [6, 6.07) is 0. The minimum absolute atomic E-state index is 0.253. The lowest BCUT2D eigenvalue weighted by molar-refractivity contribution is -0.167. The summed E-state index contributed by atoms with van der Waals surface area (Å²) in [6.07, 6.45) is 3.36. The lowest BCUT2D eigenvalue weighted by atomic mass is 9.70. The summed E-state index contributed by atoms with van der Waals surface area (Å²) in [5, 5.41) is 0. The molecular formula is C19H36O5. The van der Waals surface area contributed by atoms with Crippen LogP contribution in [0.4, 0.5) is 4.79 Å². The second-order valence-electron chi connectivity index (χ2n) is 6.66. The highest BCUT2D eigenvalue weighted by molar-refractivity contribution is 5.78. The van der Waals surface area contributed by atoms with Gasteiger partial charge in [0.25, 0.3) is 0 Å². The summed E-state index contributed by atoms with van der Waals surface area (Å²) in [5.41, 5.74) is -0.803. The molecule has 0 aliphatic heterocycles. The van der Waals surface area contributed by atoms with Crippen LogP contribution in [0.25, 0.3) is 0 Å². The number of rotatable bonds is 12. The van der Waals surface area contributed by atoms with Crippen molar-refractivity contribution in [3.05, 3.63) is 0 Å². The summed E-state index contributed by atoms with van der Waals surface area (Å²) in [6.45, 7) is 12.4. The van der Waals surface area contributed by atoms with Crippen molar-refractivity contribution in [1.29, 1.82) is 0 Å². The molecule has 24 heavy (non-hydrogen) atoms. The molecule has 0 fully saturated rings. The van der Waals surface area contributed by atoms with Gasteiger partial charge in [0.1, 0.15) is 11.5 Å². The standard InChI is InChI=1S/C19H36O5/c1-7-11-13-19(14-15(5)6,17(20)22-9-3)16(12-8-2)24-18(21)23-10-4/h15-16H,7-14H2,1-6H3. The third kappa shape index (κ3) is 7.10. The molecule has 0 saturated carbocycles. The molecule has 5 heteroatoms. The van der Waals surface area contributed by atoms with Crippen LogP contribution in [0.2, 0.25) is 0 Å². The monoisotopic (exact) mass is 344 g/mol. The van der Waals surface area contributed by atoms with Gasteiger partial charge in [-0.05, 0) is 39.0 Å². The molecule has 142 valence electrons. The van der Waals surface area contributed by atoms with Gasteiger partial charge in [-0.3, -0.25) is 4.79 Å². The van der Waals surface area contributed by atoms with Crippen molar-refractivity contribution in [2.45, 2.75) is 86.2 Å². The first kappa shape index (κ1) is 22.7. The van der Waals surface area contributed by atoms with E-state index in [1.807, 2.05) is 6.92 Å². The average molecular weight is 344 g/mol. The van der Waals surface area contributed by atoms with Crippen LogP contribution in [0, 0.1) is 11.3 Å². The molecular weight excluding hydrogens is 308 g/mol. The maximum absolute atomic E-state index is 12.9. The Balaban J connectivity index is 5.72. The average Bonchev–Trinajstić information content (AvgIpc) is 2.51. The maximum atomic E-state index is 12.9. The van der Waals surface area contributed by atoms with Gasteiger partial charge in [0.15, 0.2) is 0 Å².